The summed E-state index contributed by atoms with van der Waals surface area (Å²) in [4.78, 5) is 2.30. The molecule has 0 bridgehead atoms. The number of rotatable bonds is 2. The topological polar surface area (TPSA) is 29.3 Å². The summed E-state index contributed by atoms with van der Waals surface area (Å²) < 4.78 is 12.9. The SMILES string of the molecule is Cc1cc2c(cc1N)N(Cc1ccc(F)cc1)CC2. The fraction of sp³-hybridized carbons (Fsp3) is 0.250. The molecule has 0 atom stereocenters. The molecule has 2 nitrogen and oxygen atoms in total. The molecule has 3 heteroatoms. The first-order valence-corrected chi connectivity index (χ1v) is 6.52. The molecule has 0 aromatic heterocycles. The van der Waals surface area contributed by atoms with Gasteiger partial charge in [0.15, 0.2) is 0 Å². The maximum Gasteiger partial charge on any atom is 0.123 e. The highest BCUT2D eigenvalue weighted by atomic mass is 19.1. The lowest BCUT2D eigenvalue weighted by Crippen LogP contribution is -2.19. The minimum atomic E-state index is -0.189. The number of benzene rings is 2. The molecular formula is C16H17FN2. The van der Waals surface area contributed by atoms with E-state index in [0.717, 1.165) is 36.3 Å². The Morgan fingerprint density at radius 3 is 2.68 bits per heavy atom. The lowest BCUT2D eigenvalue weighted by Gasteiger charge is -2.20. The fourth-order valence-electron chi connectivity index (χ4n) is 2.62. The molecule has 1 heterocycles. The first-order valence-electron chi connectivity index (χ1n) is 6.52. The van der Waals surface area contributed by atoms with Gasteiger partial charge in [-0.15, -0.1) is 0 Å². The Hall–Kier alpha value is -2.03. The van der Waals surface area contributed by atoms with Crippen molar-refractivity contribution in [1.29, 1.82) is 0 Å². The zero-order valence-electron chi connectivity index (χ0n) is 11.0. The summed E-state index contributed by atoms with van der Waals surface area (Å²) in [7, 11) is 0. The zero-order chi connectivity index (χ0) is 13.4. The van der Waals surface area contributed by atoms with Gasteiger partial charge in [0.2, 0.25) is 0 Å². The van der Waals surface area contributed by atoms with Crippen molar-refractivity contribution in [3.63, 3.8) is 0 Å². The van der Waals surface area contributed by atoms with E-state index in [2.05, 4.69) is 17.0 Å². The minimum absolute atomic E-state index is 0.189. The molecule has 0 saturated heterocycles. The lowest BCUT2D eigenvalue weighted by molar-refractivity contribution is 0.626. The van der Waals surface area contributed by atoms with Crippen molar-refractivity contribution in [2.45, 2.75) is 19.9 Å². The van der Waals surface area contributed by atoms with Gasteiger partial charge in [-0.05, 0) is 48.2 Å². The molecule has 3 rings (SSSR count). The first-order chi connectivity index (χ1) is 9.13. The second kappa shape index (κ2) is 4.57. The van der Waals surface area contributed by atoms with E-state index in [-0.39, 0.29) is 5.82 Å². The summed E-state index contributed by atoms with van der Waals surface area (Å²) in [5.41, 5.74) is 11.7. The Balaban J connectivity index is 1.86. The molecule has 0 aliphatic carbocycles. The highest BCUT2D eigenvalue weighted by Crippen LogP contribution is 2.32. The molecule has 0 unspecified atom stereocenters. The average molecular weight is 256 g/mol. The maximum atomic E-state index is 12.9. The number of aryl methyl sites for hydroxylation is 1. The van der Waals surface area contributed by atoms with Crippen LogP contribution in [0.15, 0.2) is 36.4 Å². The van der Waals surface area contributed by atoms with Gasteiger partial charge in [-0.25, -0.2) is 4.39 Å². The second-order valence-electron chi connectivity index (χ2n) is 5.14. The van der Waals surface area contributed by atoms with E-state index in [1.165, 1.54) is 23.4 Å². The van der Waals surface area contributed by atoms with E-state index in [1.807, 2.05) is 19.1 Å². The third-order valence-corrected chi connectivity index (χ3v) is 3.75. The maximum absolute atomic E-state index is 12.9. The van der Waals surface area contributed by atoms with Crippen molar-refractivity contribution in [1.82, 2.24) is 0 Å². The fourth-order valence-corrected chi connectivity index (χ4v) is 2.62. The van der Waals surface area contributed by atoms with Crippen LogP contribution in [-0.4, -0.2) is 6.54 Å². The molecule has 0 radical (unpaired) electrons. The predicted molar refractivity (Wildman–Crippen MR) is 76.7 cm³/mol. The van der Waals surface area contributed by atoms with Gasteiger partial charge in [0.05, 0.1) is 0 Å². The van der Waals surface area contributed by atoms with Gasteiger partial charge in [0, 0.05) is 24.5 Å². The standard InChI is InChI=1S/C16H17FN2/c1-11-8-13-6-7-19(16(13)9-15(11)18)10-12-2-4-14(17)5-3-12/h2-5,8-9H,6-7,10,18H2,1H3. The number of nitrogens with two attached hydrogens (primary N) is 1. The largest absolute Gasteiger partial charge is 0.398 e. The molecule has 0 amide bonds. The van der Waals surface area contributed by atoms with Crippen molar-refractivity contribution in [3.05, 3.63) is 58.9 Å². The normalized spacial score (nSPS) is 13.7. The van der Waals surface area contributed by atoms with E-state index in [1.54, 1.807) is 0 Å². The van der Waals surface area contributed by atoms with Crippen LogP contribution < -0.4 is 10.6 Å². The smallest absolute Gasteiger partial charge is 0.123 e. The van der Waals surface area contributed by atoms with E-state index in [4.69, 9.17) is 5.73 Å². The van der Waals surface area contributed by atoms with Crippen LogP contribution in [0, 0.1) is 12.7 Å². The second-order valence-corrected chi connectivity index (χ2v) is 5.14. The molecule has 2 aromatic carbocycles. The zero-order valence-corrected chi connectivity index (χ0v) is 11.0. The molecule has 0 fully saturated rings. The van der Waals surface area contributed by atoms with Gasteiger partial charge in [-0.1, -0.05) is 18.2 Å². The number of nitrogens with zero attached hydrogens (tertiary/aromatic N) is 1. The highest BCUT2D eigenvalue weighted by Gasteiger charge is 2.20. The van der Waals surface area contributed by atoms with E-state index in [9.17, 15) is 4.39 Å². The lowest BCUT2D eigenvalue weighted by atomic mass is 10.1. The summed E-state index contributed by atoms with van der Waals surface area (Å²) in [5.74, 6) is -0.189. The average Bonchev–Trinajstić information content (AvgIpc) is 2.76. The Morgan fingerprint density at radius 2 is 1.95 bits per heavy atom. The van der Waals surface area contributed by atoms with E-state index in [0.29, 0.717) is 0 Å². The number of halogens is 1. The molecule has 0 saturated carbocycles. The number of anilines is 2. The van der Waals surface area contributed by atoms with Crippen molar-refractivity contribution >= 4 is 11.4 Å². The number of hydrogen-bond acceptors (Lipinski definition) is 2. The van der Waals surface area contributed by atoms with Crippen LogP contribution >= 0.6 is 0 Å². The van der Waals surface area contributed by atoms with Crippen molar-refractivity contribution in [2.24, 2.45) is 0 Å². The van der Waals surface area contributed by atoms with Gasteiger partial charge < -0.3 is 10.6 Å². The molecule has 0 spiro atoms. The van der Waals surface area contributed by atoms with E-state index < -0.39 is 0 Å². The molecule has 1 aliphatic heterocycles. The number of hydrogen-bond donors (Lipinski definition) is 1. The third kappa shape index (κ3) is 2.28. The van der Waals surface area contributed by atoms with Crippen LogP contribution in [0.2, 0.25) is 0 Å². The Morgan fingerprint density at radius 1 is 1.21 bits per heavy atom. The predicted octanol–water partition coefficient (Wildman–Crippen LogP) is 3.28. The summed E-state index contributed by atoms with van der Waals surface area (Å²) in [6.45, 7) is 3.84. The highest BCUT2D eigenvalue weighted by molar-refractivity contribution is 5.67. The van der Waals surface area contributed by atoms with Crippen molar-refractivity contribution in [2.75, 3.05) is 17.2 Å². The van der Waals surface area contributed by atoms with Crippen LogP contribution in [0.4, 0.5) is 15.8 Å². The van der Waals surface area contributed by atoms with Gasteiger partial charge in [0.25, 0.3) is 0 Å². The Labute approximate surface area is 112 Å². The third-order valence-electron chi connectivity index (χ3n) is 3.75. The van der Waals surface area contributed by atoms with Crippen LogP contribution in [0.3, 0.4) is 0 Å². The van der Waals surface area contributed by atoms with Gasteiger partial charge in [0.1, 0.15) is 5.82 Å². The first kappa shape index (κ1) is 12.0. The summed E-state index contributed by atoms with van der Waals surface area (Å²) >= 11 is 0. The van der Waals surface area contributed by atoms with Gasteiger partial charge >= 0.3 is 0 Å². The van der Waals surface area contributed by atoms with Crippen LogP contribution in [0.25, 0.3) is 0 Å². The van der Waals surface area contributed by atoms with Crippen LogP contribution in [-0.2, 0) is 13.0 Å². The molecule has 1 aliphatic rings. The molecular weight excluding hydrogens is 239 g/mol. The summed E-state index contributed by atoms with van der Waals surface area (Å²) in [6, 6.07) is 10.9. The van der Waals surface area contributed by atoms with Crippen LogP contribution in [0.1, 0.15) is 16.7 Å². The molecule has 19 heavy (non-hydrogen) atoms. The van der Waals surface area contributed by atoms with Gasteiger partial charge in [-0.2, -0.15) is 0 Å². The summed E-state index contributed by atoms with van der Waals surface area (Å²) in [6.07, 6.45) is 1.05. The van der Waals surface area contributed by atoms with Crippen LogP contribution in [0.5, 0.6) is 0 Å². The number of nitrogen functional groups attached to an aromatic ring is 1. The molecule has 2 N–H and O–H groups in total. The molecule has 98 valence electrons. The Bertz CT molecular complexity index is 605. The quantitative estimate of drug-likeness (QED) is 0.835. The monoisotopic (exact) mass is 256 g/mol. The van der Waals surface area contributed by atoms with Gasteiger partial charge in [-0.3, -0.25) is 0 Å². The molecule has 2 aromatic rings. The van der Waals surface area contributed by atoms with E-state index >= 15 is 0 Å². The summed E-state index contributed by atoms with van der Waals surface area (Å²) in [5, 5.41) is 0. The Kier molecular flexibility index (Phi) is 2.90. The van der Waals surface area contributed by atoms with Crippen molar-refractivity contribution in [3.8, 4) is 0 Å². The number of fused-ring (bicyclic) bond motifs is 1. The minimum Gasteiger partial charge on any atom is -0.398 e. The van der Waals surface area contributed by atoms with Crippen molar-refractivity contribution < 1.29 is 4.39 Å².